The maximum absolute atomic E-state index is 13.1. The Bertz CT molecular complexity index is 623. The topological polar surface area (TPSA) is 72.7 Å². The van der Waals surface area contributed by atoms with Crippen LogP contribution in [0.25, 0.3) is 0 Å². The molecule has 0 atom stereocenters. The van der Waals surface area contributed by atoms with Crippen molar-refractivity contribution in [2.45, 2.75) is 45.2 Å². The van der Waals surface area contributed by atoms with Gasteiger partial charge in [-0.1, -0.05) is 18.9 Å². The maximum Gasteiger partial charge on any atom is 0.269 e. The Morgan fingerprint density at radius 3 is 2.65 bits per heavy atom. The second-order valence-electron chi connectivity index (χ2n) is 6.60. The largest absolute Gasteiger partial charge is 0.385 e. The molecule has 0 unspecified atom stereocenters. The highest BCUT2D eigenvalue weighted by Crippen LogP contribution is 2.44. The number of nitrogens with zero attached hydrogens (tertiary/aromatic N) is 2. The van der Waals surface area contributed by atoms with E-state index in [-0.39, 0.29) is 21.9 Å². The van der Waals surface area contributed by atoms with Crippen LogP contribution in [-0.4, -0.2) is 29.4 Å². The summed E-state index contributed by atoms with van der Waals surface area (Å²) in [5, 5.41) is 10.9. The fourth-order valence-corrected chi connectivity index (χ4v) is 3.89. The van der Waals surface area contributed by atoms with E-state index in [9.17, 15) is 14.9 Å². The molecule has 0 N–H and O–H groups in total. The molecule has 6 heteroatoms. The molecule has 1 heterocycles. The molecular formula is C17H22N2O4. The smallest absolute Gasteiger partial charge is 0.269 e. The number of amides is 1. The van der Waals surface area contributed by atoms with Crippen LogP contribution in [0, 0.1) is 15.5 Å². The van der Waals surface area contributed by atoms with Crippen molar-refractivity contribution in [2.75, 3.05) is 13.7 Å². The number of nitro benzene ring substituents is 1. The molecule has 1 aromatic rings. The van der Waals surface area contributed by atoms with E-state index in [1.165, 1.54) is 6.07 Å². The van der Waals surface area contributed by atoms with Crippen molar-refractivity contribution in [3.8, 4) is 0 Å². The third-order valence-electron chi connectivity index (χ3n) is 5.21. The van der Waals surface area contributed by atoms with Crippen LogP contribution in [0.15, 0.2) is 18.2 Å². The van der Waals surface area contributed by atoms with Gasteiger partial charge in [-0.05, 0) is 30.4 Å². The van der Waals surface area contributed by atoms with Crippen molar-refractivity contribution in [3.05, 3.63) is 39.4 Å². The molecule has 0 spiro atoms. The highest BCUT2D eigenvalue weighted by Gasteiger charge is 2.44. The Kier molecular flexibility index (Phi) is 4.35. The van der Waals surface area contributed by atoms with E-state index < -0.39 is 0 Å². The van der Waals surface area contributed by atoms with Gasteiger partial charge in [-0.25, -0.2) is 0 Å². The van der Waals surface area contributed by atoms with Crippen LogP contribution in [0.3, 0.4) is 0 Å². The standard InChI is InChI=1S/C17H22N2O4/c1-23-9-8-17(6-2-3-7-17)16(20)18-11-13-4-5-15(19(21)22)10-14(13)12-18/h4-5,10H,2-3,6-9,11-12H2,1H3. The summed E-state index contributed by atoms with van der Waals surface area (Å²) in [6.07, 6.45) is 4.77. The van der Waals surface area contributed by atoms with Gasteiger partial charge in [-0.15, -0.1) is 0 Å². The van der Waals surface area contributed by atoms with Crippen LogP contribution in [0.4, 0.5) is 5.69 Å². The second-order valence-corrected chi connectivity index (χ2v) is 6.60. The first kappa shape index (κ1) is 15.9. The minimum atomic E-state index is -0.387. The van der Waals surface area contributed by atoms with E-state index in [1.807, 2.05) is 4.90 Å². The minimum Gasteiger partial charge on any atom is -0.385 e. The van der Waals surface area contributed by atoms with Gasteiger partial charge in [0.2, 0.25) is 5.91 Å². The molecule has 124 valence electrons. The second kappa shape index (κ2) is 6.28. The lowest BCUT2D eigenvalue weighted by atomic mass is 9.81. The average molecular weight is 318 g/mol. The number of carbonyl (C=O) groups excluding carboxylic acids is 1. The minimum absolute atomic E-state index is 0.0908. The number of fused-ring (bicyclic) bond motifs is 1. The molecule has 0 aromatic heterocycles. The average Bonchev–Trinajstić information content (AvgIpc) is 3.18. The third-order valence-corrected chi connectivity index (χ3v) is 5.21. The summed E-state index contributed by atoms with van der Waals surface area (Å²) >= 11 is 0. The van der Waals surface area contributed by atoms with E-state index in [0.29, 0.717) is 19.7 Å². The van der Waals surface area contributed by atoms with Crippen molar-refractivity contribution in [1.82, 2.24) is 4.90 Å². The number of hydrogen-bond acceptors (Lipinski definition) is 4. The normalized spacial score (nSPS) is 18.9. The number of methoxy groups -OCH3 is 1. The van der Waals surface area contributed by atoms with E-state index in [1.54, 1.807) is 19.2 Å². The summed E-state index contributed by atoms with van der Waals surface area (Å²) in [4.78, 5) is 25.5. The predicted molar refractivity (Wildman–Crippen MR) is 84.7 cm³/mol. The van der Waals surface area contributed by atoms with Crippen LogP contribution in [0.2, 0.25) is 0 Å². The molecule has 1 aromatic carbocycles. The quantitative estimate of drug-likeness (QED) is 0.618. The molecule has 1 aliphatic carbocycles. The van der Waals surface area contributed by atoms with Crippen molar-refractivity contribution >= 4 is 11.6 Å². The lowest BCUT2D eigenvalue weighted by Crippen LogP contribution is -2.40. The molecule has 1 saturated carbocycles. The molecule has 1 aliphatic heterocycles. The van der Waals surface area contributed by atoms with Gasteiger partial charge >= 0.3 is 0 Å². The molecule has 0 radical (unpaired) electrons. The first-order valence-electron chi connectivity index (χ1n) is 8.10. The fraction of sp³-hybridized carbons (Fsp3) is 0.588. The number of hydrogen-bond donors (Lipinski definition) is 0. The van der Waals surface area contributed by atoms with Crippen LogP contribution >= 0.6 is 0 Å². The molecule has 0 saturated heterocycles. The van der Waals surface area contributed by atoms with E-state index in [0.717, 1.165) is 43.2 Å². The van der Waals surface area contributed by atoms with Crippen molar-refractivity contribution in [3.63, 3.8) is 0 Å². The van der Waals surface area contributed by atoms with Gasteiger partial charge < -0.3 is 9.64 Å². The van der Waals surface area contributed by atoms with Gasteiger partial charge in [-0.2, -0.15) is 0 Å². The molecule has 23 heavy (non-hydrogen) atoms. The Balaban J connectivity index is 1.77. The third kappa shape index (κ3) is 2.95. The van der Waals surface area contributed by atoms with Gasteiger partial charge in [-0.3, -0.25) is 14.9 Å². The zero-order valence-corrected chi connectivity index (χ0v) is 13.4. The monoisotopic (exact) mass is 318 g/mol. The molecular weight excluding hydrogens is 296 g/mol. The summed E-state index contributed by atoms with van der Waals surface area (Å²) < 4.78 is 5.20. The SMILES string of the molecule is COCCC1(C(=O)N2Cc3ccc([N+](=O)[O-])cc3C2)CCCC1. The van der Waals surface area contributed by atoms with Gasteiger partial charge in [0.1, 0.15) is 0 Å². The zero-order valence-electron chi connectivity index (χ0n) is 13.4. The first-order chi connectivity index (χ1) is 11.1. The summed E-state index contributed by atoms with van der Waals surface area (Å²) in [6, 6.07) is 4.89. The number of non-ortho nitro benzene ring substituents is 1. The number of rotatable bonds is 5. The molecule has 2 aliphatic rings. The highest BCUT2D eigenvalue weighted by atomic mass is 16.6. The molecule has 3 rings (SSSR count). The Morgan fingerprint density at radius 2 is 2.00 bits per heavy atom. The molecule has 1 fully saturated rings. The van der Waals surface area contributed by atoms with Crippen LogP contribution in [-0.2, 0) is 22.6 Å². The Morgan fingerprint density at radius 1 is 1.30 bits per heavy atom. The van der Waals surface area contributed by atoms with Crippen LogP contribution in [0.1, 0.15) is 43.2 Å². The molecule has 6 nitrogen and oxygen atoms in total. The Labute approximate surface area is 135 Å². The van der Waals surface area contributed by atoms with E-state index in [2.05, 4.69) is 0 Å². The van der Waals surface area contributed by atoms with Crippen molar-refractivity contribution < 1.29 is 14.5 Å². The fourth-order valence-electron chi connectivity index (χ4n) is 3.89. The maximum atomic E-state index is 13.1. The summed E-state index contributed by atoms with van der Waals surface area (Å²) in [7, 11) is 1.66. The number of carbonyl (C=O) groups is 1. The summed E-state index contributed by atoms with van der Waals surface area (Å²) in [6.45, 7) is 1.63. The lowest BCUT2D eigenvalue weighted by Gasteiger charge is -2.32. The first-order valence-corrected chi connectivity index (χ1v) is 8.10. The van der Waals surface area contributed by atoms with Crippen LogP contribution < -0.4 is 0 Å². The molecule has 1 amide bonds. The predicted octanol–water partition coefficient (Wildman–Crippen LogP) is 3.03. The summed E-state index contributed by atoms with van der Waals surface area (Å²) in [5.74, 6) is 0.186. The highest BCUT2D eigenvalue weighted by molar-refractivity contribution is 5.83. The van der Waals surface area contributed by atoms with Crippen molar-refractivity contribution in [2.24, 2.45) is 5.41 Å². The van der Waals surface area contributed by atoms with Gasteiger partial charge in [0.25, 0.3) is 5.69 Å². The number of nitro groups is 1. The summed E-state index contributed by atoms with van der Waals surface area (Å²) in [5.41, 5.74) is 1.70. The van der Waals surface area contributed by atoms with Gasteiger partial charge in [0.15, 0.2) is 0 Å². The van der Waals surface area contributed by atoms with Gasteiger partial charge in [0.05, 0.1) is 10.3 Å². The number of benzene rings is 1. The Hall–Kier alpha value is -1.95. The zero-order chi connectivity index (χ0) is 16.4. The van der Waals surface area contributed by atoms with E-state index >= 15 is 0 Å². The lowest BCUT2D eigenvalue weighted by molar-refractivity contribution is -0.384. The van der Waals surface area contributed by atoms with E-state index in [4.69, 9.17) is 4.74 Å². The van der Waals surface area contributed by atoms with Gasteiger partial charge in [0, 0.05) is 38.9 Å². The number of ether oxygens (including phenoxy) is 1. The van der Waals surface area contributed by atoms with Crippen LogP contribution in [0.5, 0.6) is 0 Å². The van der Waals surface area contributed by atoms with Crippen molar-refractivity contribution in [1.29, 1.82) is 0 Å². The molecule has 0 bridgehead atoms.